The van der Waals surface area contributed by atoms with Gasteiger partial charge in [0.05, 0.1) is 0 Å². The lowest BCUT2D eigenvalue weighted by molar-refractivity contribution is -0.137. The van der Waals surface area contributed by atoms with Crippen molar-refractivity contribution in [2.75, 3.05) is 13.1 Å². The molecule has 17 heavy (non-hydrogen) atoms. The van der Waals surface area contributed by atoms with Crippen molar-refractivity contribution in [3.63, 3.8) is 0 Å². The quantitative estimate of drug-likeness (QED) is 0.741. The molecule has 0 spiro atoms. The molecule has 0 radical (unpaired) electrons. The number of carbonyl (C=O) groups excluding carboxylic acids is 1. The van der Waals surface area contributed by atoms with Gasteiger partial charge >= 0.3 is 0 Å². The molecule has 0 saturated carbocycles. The molecule has 0 aliphatic carbocycles. The number of benzene rings is 1. The van der Waals surface area contributed by atoms with Crippen LogP contribution < -0.4 is 4.74 Å². The Morgan fingerprint density at radius 3 is 2.71 bits per heavy atom. The summed E-state index contributed by atoms with van der Waals surface area (Å²) in [4.78, 5) is 14.3. The van der Waals surface area contributed by atoms with Crippen molar-refractivity contribution in [1.29, 1.82) is 0 Å². The molecule has 2 aliphatic heterocycles. The zero-order valence-corrected chi connectivity index (χ0v) is 10.1. The van der Waals surface area contributed by atoms with Crippen LogP contribution in [0.3, 0.4) is 0 Å². The van der Waals surface area contributed by atoms with Gasteiger partial charge in [-0.1, -0.05) is 25.1 Å². The standard InChI is InChI=1S/C14H17NO2/c1-10-11-6-2-3-7-12(11)17-13(10)14(16)15-8-4-5-9-15/h2-3,6-7,10,13H,4-5,8-9H2,1H3. The van der Waals surface area contributed by atoms with Crippen molar-refractivity contribution >= 4 is 5.91 Å². The molecule has 3 nitrogen and oxygen atoms in total. The third kappa shape index (κ3) is 1.70. The molecule has 1 aromatic rings. The minimum Gasteiger partial charge on any atom is -0.480 e. The molecule has 1 fully saturated rings. The van der Waals surface area contributed by atoms with E-state index in [4.69, 9.17) is 4.74 Å². The summed E-state index contributed by atoms with van der Waals surface area (Å²) in [6.45, 7) is 3.86. The van der Waals surface area contributed by atoms with E-state index in [2.05, 4.69) is 13.0 Å². The van der Waals surface area contributed by atoms with Crippen molar-refractivity contribution < 1.29 is 9.53 Å². The van der Waals surface area contributed by atoms with Gasteiger partial charge in [0.2, 0.25) is 0 Å². The molecular weight excluding hydrogens is 214 g/mol. The molecule has 0 aromatic heterocycles. The molecule has 2 atom stereocenters. The summed E-state index contributed by atoms with van der Waals surface area (Å²) in [5.74, 6) is 1.20. The van der Waals surface area contributed by atoms with Crippen LogP contribution in [0.2, 0.25) is 0 Å². The van der Waals surface area contributed by atoms with Crippen molar-refractivity contribution in [1.82, 2.24) is 4.90 Å². The number of likely N-dealkylation sites (tertiary alicyclic amines) is 1. The number of nitrogens with zero attached hydrogens (tertiary/aromatic N) is 1. The first kappa shape index (κ1) is 10.6. The highest BCUT2D eigenvalue weighted by molar-refractivity contribution is 5.83. The van der Waals surface area contributed by atoms with Crippen LogP contribution in [0.25, 0.3) is 0 Å². The predicted octanol–water partition coefficient (Wildman–Crippen LogP) is 2.17. The molecular formula is C14H17NO2. The molecule has 1 saturated heterocycles. The maximum absolute atomic E-state index is 12.3. The van der Waals surface area contributed by atoms with E-state index in [9.17, 15) is 4.79 Å². The second kappa shape index (κ2) is 4.06. The van der Waals surface area contributed by atoms with Crippen LogP contribution in [0.15, 0.2) is 24.3 Å². The molecule has 0 N–H and O–H groups in total. The highest BCUT2D eigenvalue weighted by atomic mass is 16.5. The minimum absolute atomic E-state index is 0.159. The lowest BCUT2D eigenvalue weighted by Crippen LogP contribution is -2.40. The monoisotopic (exact) mass is 231 g/mol. The van der Waals surface area contributed by atoms with E-state index in [0.717, 1.165) is 37.2 Å². The Morgan fingerprint density at radius 1 is 1.29 bits per heavy atom. The van der Waals surface area contributed by atoms with E-state index in [-0.39, 0.29) is 17.9 Å². The van der Waals surface area contributed by atoms with Gasteiger partial charge in [-0.3, -0.25) is 4.79 Å². The fourth-order valence-corrected chi connectivity index (χ4v) is 2.75. The molecule has 3 rings (SSSR count). The van der Waals surface area contributed by atoms with Gasteiger partial charge in [-0.15, -0.1) is 0 Å². The Kier molecular flexibility index (Phi) is 2.54. The number of amides is 1. The number of ether oxygens (including phenoxy) is 1. The van der Waals surface area contributed by atoms with Gasteiger partial charge in [-0.05, 0) is 18.9 Å². The molecule has 2 aliphatic rings. The van der Waals surface area contributed by atoms with E-state index in [1.807, 2.05) is 23.1 Å². The summed E-state index contributed by atoms with van der Waals surface area (Å²) in [6.07, 6.45) is 1.94. The van der Waals surface area contributed by atoms with E-state index in [0.29, 0.717) is 0 Å². The molecule has 1 aromatic carbocycles. The highest BCUT2D eigenvalue weighted by Crippen LogP contribution is 2.38. The normalized spacial score (nSPS) is 26.8. The zero-order valence-electron chi connectivity index (χ0n) is 10.1. The minimum atomic E-state index is -0.314. The smallest absolute Gasteiger partial charge is 0.264 e. The first-order valence-corrected chi connectivity index (χ1v) is 6.32. The van der Waals surface area contributed by atoms with E-state index >= 15 is 0 Å². The molecule has 0 bridgehead atoms. The van der Waals surface area contributed by atoms with E-state index in [1.54, 1.807) is 0 Å². The Balaban J connectivity index is 1.81. The van der Waals surface area contributed by atoms with Gasteiger partial charge in [-0.2, -0.15) is 0 Å². The first-order valence-electron chi connectivity index (χ1n) is 6.32. The molecule has 2 heterocycles. The van der Waals surface area contributed by atoms with Crippen LogP contribution in [-0.4, -0.2) is 30.0 Å². The highest BCUT2D eigenvalue weighted by Gasteiger charge is 2.38. The lowest BCUT2D eigenvalue weighted by atomic mass is 9.97. The van der Waals surface area contributed by atoms with Gasteiger partial charge in [-0.25, -0.2) is 0 Å². The van der Waals surface area contributed by atoms with Crippen LogP contribution in [0.5, 0.6) is 5.75 Å². The van der Waals surface area contributed by atoms with Crippen LogP contribution in [0.4, 0.5) is 0 Å². The largest absolute Gasteiger partial charge is 0.480 e. The average Bonchev–Trinajstić information content (AvgIpc) is 2.97. The van der Waals surface area contributed by atoms with Gasteiger partial charge in [0, 0.05) is 24.6 Å². The third-order valence-corrected chi connectivity index (χ3v) is 3.78. The molecule has 2 unspecified atom stereocenters. The maximum Gasteiger partial charge on any atom is 0.264 e. The van der Waals surface area contributed by atoms with Crippen LogP contribution in [0, 0.1) is 0 Å². The average molecular weight is 231 g/mol. The van der Waals surface area contributed by atoms with Crippen LogP contribution >= 0.6 is 0 Å². The number of carbonyl (C=O) groups is 1. The van der Waals surface area contributed by atoms with Crippen LogP contribution in [0.1, 0.15) is 31.2 Å². The summed E-state index contributed by atoms with van der Waals surface area (Å²) in [6, 6.07) is 7.95. The van der Waals surface area contributed by atoms with E-state index < -0.39 is 0 Å². The summed E-state index contributed by atoms with van der Waals surface area (Å²) in [5.41, 5.74) is 1.16. The number of hydrogen-bond acceptors (Lipinski definition) is 2. The topological polar surface area (TPSA) is 29.5 Å². The third-order valence-electron chi connectivity index (χ3n) is 3.78. The van der Waals surface area contributed by atoms with Crippen molar-refractivity contribution in [3.05, 3.63) is 29.8 Å². The first-order chi connectivity index (χ1) is 8.27. The van der Waals surface area contributed by atoms with E-state index in [1.165, 1.54) is 0 Å². The zero-order chi connectivity index (χ0) is 11.8. The Hall–Kier alpha value is -1.51. The fraction of sp³-hybridized carbons (Fsp3) is 0.500. The number of rotatable bonds is 1. The van der Waals surface area contributed by atoms with Crippen molar-refractivity contribution in [2.45, 2.75) is 31.8 Å². The summed E-state index contributed by atoms with van der Waals surface area (Å²) in [5, 5.41) is 0. The number of fused-ring (bicyclic) bond motifs is 1. The van der Waals surface area contributed by atoms with Gasteiger partial charge in [0.25, 0.3) is 5.91 Å². The van der Waals surface area contributed by atoms with Crippen molar-refractivity contribution in [3.8, 4) is 5.75 Å². The van der Waals surface area contributed by atoms with Crippen molar-refractivity contribution in [2.24, 2.45) is 0 Å². The van der Waals surface area contributed by atoms with Gasteiger partial charge in [0.15, 0.2) is 6.10 Å². The number of para-hydroxylation sites is 1. The number of hydrogen-bond donors (Lipinski definition) is 0. The Bertz CT molecular complexity index is 438. The molecule has 3 heteroatoms. The SMILES string of the molecule is CC1c2ccccc2OC1C(=O)N1CCCC1. The maximum atomic E-state index is 12.3. The summed E-state index contributed by atoms with van der Waals surface area (Å²) in [7, 11) is 0. The second-order valence-corrected chi connectivity index (χ2v) is 4.90. The Morgan fingerprint density at radius 2 is 2.00 bits per heavy atom. The van der Waals surface area contributed by atoms with Gasteiger partial charge < -0.3 is 9.64 Å². The summed E-state index contributed by atoms with van der Waals surface area (Å²) >= 11 is 0. The van der Waals surface area contributed by atoms with Crippen LogP contribution in [-0.2, 0) is 4.79 Å². The fourth-order valence-electron chi connectivity index (χ4n) is 2.75. The van der Waals surface area contributed by atoms with Gasteiger partial charge in [0.1, 0.15) is 5.75 Å². The Labute approximate surface area is 101 Å². The predicted molar refractivity (Wildman–Crippen MR) is 65.1 cm³/mol. The molecule has 1 amide bonds. The summed E-state index contributed by atoms with van der Waals surface area (Å²) < 4.78 is 5.80. The second-order valence-electron chi connectivity index (χ2n) is 4.90. The lowest BCUT2D eigenvalue weighted by Gasteiger charge is -2.22. The molecule has 90 valence electrons.